The molecule has 0 fully saturated rings. The molecule has 5 aromatic carbocycles. The van der Waals surface area contributed by atoms with Gasteiger partial charge >= 0.3 is 0 Å². The van der Waals surface area contributed by atoms with Gasteiger partial charge in [0.25, 0.3) is 0 Å². The van der Waals surface area contributed by atoms with Crippen LogP contribution in [0.5, 0.6) is 0 Å². The lowest BCUT2D eigenvalue weighted by atomic mass is 9.88. The smallest absolute Gasteiger partial charge is 0.161 e. The third-order valence-corrected chi connectivity index (χ3v) is 10.1. The summed E-state index contributed by atoms with van der Waals surface area (Å²) in [6.07, 6.45) is 21.1. The summed E-state index contributed by atoms with van der Waals surface area (Å²) in [5.74, 6) is 1.12. The fourth-order valence-corrected chi connectivity index (χ4v) is 7.46. The maximum absolute atomic E-state index is 6.13. The molecule has 0 atom stereocenters. The minimum absolute atomic E-state index is 0.417. The van der Waals surface area contributed by atoms with E-state index in [0.29, 0.717) is 18.2 Å². The molecule has 0 spiro atoms. The van der Waals surface area contributed by atoms with E-state index in [1.54, 1.807) is 0 Å². The van der Waals surface area contributed by atoms with Gasteiger partial charge in [-0.2, -0.15) is 0 Å². The van der Waals surface area contributed by atoms with Crippen molar-refractivity contribution in [3.63, 3.8) is 0 Å². The second-order valence-electron chi connectivity index (χ2n) is 13.6. The Hall–Kier alpha value is -6.65. The summed E-state index contributed by atoms with van der Waals surface area (Å²) < 4.78 is 6.13. The van der Waals surface area contributed by atoms with Crippen LogP contribution in [0.25, 0.3) is 38.6 Å². The summed E-state index contributed by atoms with van der Waals surface area (Å²) >= 11 is 0. The molecule has 4 nitrogen and oxygen atoms in total. The zero-order valence-electron chi connectivity index (χ0n) is 30.7. The summed E-state index contributed by atoms with van der Waals surface area (Å²) in [6.45, 7) is 8.80. The first-order valence-corrected chi connectivity index (χ1v) is 18.4. The monoisotopic (exact) mass is 699 g/mol. The van der Waals surface area contributed by atoms with Gasteiger partial charge in [0.05, 0.1) is 6.54 Å². The molecule has 0 N–H and O–H groups in total. The van der Waals surface area contributed by atoms with Crippen LogP contribution in [0, 0.1) is 13.8 Å². The van der Waals surface area contributed by atoms with Crippen molar-refractivity contribution in [1.82, 2.24) is 0 Å². The normalized spacial score (nSPS) is 14.8. The van der Waals surface area contributed by atoms with E-state index in [4.69, 9.17) is 14.4 Å². The molecule has 1 aromatic heterocycles. The Morgan fingerprint density at radius 3 is 2.28 bits per heavy atom. The predicted octanol–water partition coefficient (Wildman–Crippen LogP) is 12.7. The lowest BCUT2D eigenvalue weighted by molar-refractivity contribution is 0.669. The minimum atomic E-state index is 0.417. The number of hydrogen-bond donors (Lipinski definition) is 0. The van der Waals surface area contributed by atoms with Crippen molar-refractivity contribution in [2.45, 2.75) is 33.2 Å². The fourth-order valence-electron chi connectivity index (χ4n) is 7.46. The molecule has 0 bridgehead atoms. The molecule has 0 amide bonds. The molecule has 0 radical (unpaired) electrons. The van der Waals surface area contributed by atoms with Crippen LogP contribution in [0.1, 0.15) is 46.2 Å². The van der Waals surface area contributed by atoms with Gasteiger partial charge in [0.2, 0.25) is 0 Å². The highest BCUT2D eigenvalue weighted by atomic mass is 16.3. The first-order chi connectivity index (χ1) is 26.6. The minimum Gasteiger partial charge on any atom is -0.456 e. The van der Waals surface area contributed by atoms with E-state index < -0.39 is 0 Å². The van der Waals surface area contributed by atoms with Crippen molar-refractivity contribution in [3.8, 4) is 11.1 Å². The second kappa shape index (κ2) is 15.5. The van der Waals surface area contributed by atoms with Gasteiger partial charge in [-0.15, -0.1) is 0 Å². The highest BCUT2D eigenvalue weighted by molar-refractivity contribution is 6.16. The molecule has 6 aromatic rings. The van der Waals surface area contributed by atoms with E-state index in [1.807, 2.05) is 30.3 Å². The molecule has 0 unspecified atom stereocenters. The number of para-hydroxylation sites is 1. The van der Waals surface area contributed by atoms with Crippen molar-refractivity contribution in [3.05, 3.63) is 208 Å². The number of aryl methyl sites for hydroxylation is 2. The van der Waals surface area contributed by atoms with E-state index >= 15 is 0 Å². The van der Waals surface area contributed by atoms with Crippen LogP contribution in [0.2, 0.25) is 0 Å². The van der Waals surface area contributed by atoms with Gasteiger partial charge in [-0.1, -0.05) is 146 Å². The maximum Gasteiger partial charge on any atom is 0.161 e. The standard InChI is InChI=1S/C50H41N3O/c1-34-18-11-12-22-38(34)48-35(2)19-17-28-44(48)50(52-33-36-30-31-47-45(32-36)42-26-15-16-29-46(42)54-47)53-49(51-3)43-27-14-13-25-41(43)40-24-10-6-9-23-39(40)37-20-7-4-5-8-21-37/h4-20,22,24-32H,3,21,23,33H2,1-2H3. The molecule has 54 heavy (non-hydrogen) atoms. The van der Waals surface area contributed by atoms with Crippen molar-refractivity contribution < 1.29 is 4.42 Å². The van der Waals surface area contributed by atoms with E-state index in [1.165, 1.54) is 16.7 Å². The number of furan rings is 1. The number of fused-ring (bicyclic) bond motifs is 3. The summed E-state index contributed by atoms with van der Waals surface area (Å²) in [7, 11) is 0. The molecule has 2 aliphatic rings. The van der Waals surface area contributed by atoms with Gasteiger partial charge in [0.1, 0.15) is 11.2 Å². The van der Waals surface area contributed by atoms with Crippen molar-refractivity contribution in [1.29, 1.82) is 0 Å². The molecule has 1 heterocycles. The number of benzene rings is 5. The van der Waals surface area contributed by atoms with Gasteiger partial charge in [-0.25, -0.2) is 9.98 Å². The molecule has 4 heteroatoms. The third kappa shape index (κ3) is 6.94. The predicted molar refractivity (Wildman–Crippen MR) is 229 cm³/mol. The van der Waals surface area contributed by atoms with Crippen molar-refractivity contribution >= 4 is 45.9 Å². The van der Waals surface area contributed by atoms with Gasteiger partial charge in [0.15, 0.2) is 11.7 Å². The molecule has 2 aliphatic carbocycles. The summed E-state index contributed by atoms with van der Waals surface area (Å²) in [6, 6.07) is 37.7. The third-order valence-electron chi connectivity index (χ3n) is 10.1. The highest BCUT2D eigenvalue weighted by Crippen LogP contribution is 2.36. The van der Waals surface area contributed by atoms with Crippen LogP contribution in [0.15, 0.2) is 194 Å². The average molecular weight is 700 g/mol. The lowest BCUT2D eigenvalue weighted by Gasteiger charge is -2.18. The molecule has 8 rings (SSSR count). The zero-order chi connectivity index (χ0) is 36.9. The van der Waals surface area contributed by atoms with E-state index in [2.05, 4.69) is 159 Å². The molecule has 262 valence electrons. The Labute approximate surface area is 317 Å². The number of rotatable bonds is 7. The highest BCUT2D eigenvalue weighted by Gasteiger charge is 2.20. The lowest BCUT2D eigenvalue weighted by Crippen LogP contribution is -2.10. The summed E-state index contributed by atoms with van der Waals surface area (Å²) in [5, 5.41) is 2.17. The number of hydrogen-bond acceptors (Lipinski definition) is 2. The van der Waals surface area contributed by atoms with E-state index in [-0.39, 0.29) is 0 Å². The average Bonchev–Trinajstić information content (AvgIpc) is 3.37. The number of aliphatic imine (C=N–C) groups is 3. The van der Waals surface area contributed by atoms with Gasteiger partial charge in [0, 0.05) is 21.9 Å². The second-order valence-corrected chi connectivity index (χ2v) is 13.6. The van der Waals surface area contributed by atoms with E-state index in [9.17, 15) is 0 Å². The van der Waals surface area contributed by atoms with Crippen LogP contribution < -0.4 is 0 Å². The van der Waals surface area contributed by atoms with Gasteiger partial charge < -0.3 is 4.42 Å². The van der Waals surface area contributed by atoms with Crippen molar-refractivity contribution in [2.75, 3.05) is 0 Å². The first-order valence-electron chi connectivity index (χ1n) is 18.4. The molecular weight excluding hydrogens is 659 g/mol. The van der Waals surface area contributed by atoms with Crippen LogP contribution in [-0.4, -0.2) is 18.4 Å². The maximum atomic E-state index is 6.13. The molecule has 0 saturated heterocycles. The topological polar surface area (TPSA) is 50.2 Å². The Morgan fingerprint density at radius 2 is 1.39 bits per heavy atom. The number of allylic oxidation sites excluding steroid dienone is 12. The molecular formula is C50H41N3O. The Kier molecular flexibility index (Phi) is 9.90. The molecule has 0 aliphatic heterocycles. The Bertz CT molecular complexity index is 2670. The number of nitrogens with zero attached hydrogens (tertiary/aromatic N) is 3. The summed E-state index contributed by atoms with van der Waals surface area (Å²) in [4.78, 5) is 15.3. The summed E-state index contributed by atoms with van der Waals surface area (Å²) in [5.41, 5.74) is 14.0. The van der Waals surface area contributed by atoms with Gasteiger partial charge in [-0.3, -0.25) is 4.99 Å². The van der Waals surface area contributed by atoms with E-state index in [0.717, 1.165) is 79.3 Å². The van der Waals surface area contributed by atoms with Crippen LogP contribution in [0.3, 0.4) is 0 Å². The van der Waals surface area contributed by atoms with Gasteiger partial charge in [-0.05, 0) is 102 Å². The Morgan fingerprint density at radius 1 is 0.648 bits per heavy atom. The van der Waals surface area contributed by atoms with Crippen molar-refractivity contribution in [2.24, 2.45) is 15.0 Å². The first kappa shape index (κ1) is 34.4. The van der Waals surface area contributed by atoms with Crippen LogP contribution in [-0.2, 0) is 6.54 Å². The SMILES string of the molecule is C=NC(=NC(=NCc1ccc2oc3ccccc3c2c1)c1cccc(C)c1-c1ccccc1C)c1ccccc1C1=C(C2=CC=CC=CC2)CC=CC=C1. The fraction of sp³-hybridized carbons (Fsp3) is 0.100. The quantitative estimate of drug-likeness (QED) is 0.121. The number of amidine groups is 2. The molecule has 0 saturated carbocycles. The zero-order valence-corrected chi connectivity index (χ0v) is 30.7. The Balaban J connectivity index is 1.31. The van der Waals surface area contributed by atoms with Crippen LogP contribution >= 0.6 is 0 Å². The van der Waals surface area contributed by atoms with Crippen LogP contribution in [0.4, 0.5) is 0 Å². The largest absolute Gasteiger partial charge is 0.456 e.